The predicted molar refractivity (Wildman–Crippen MR) is 106 cm³/mol. The number of ether oxygens (including phenoxy) is 1. The zero-order valence-corrected chi connectivity index (χ0v) is 15.0. The Hall–Kier alpha value is -2.82. The summed E-state index contributed by atoms with van der Waals surface area (Å²) in [6.07, 6.45) is 5.00. The molecule has 1 aromatic heterocycles. The lowest BCUT2D eigenvalue weighted by atomic mass is 10.2. The average Bonchev–Trinajstić information content (AvgIpc) is 3.19. The average molecular weight is 348 g/mol. The monoisotopic (exact) mass is 348 g/mol. The van der Waals surface area contributed by atoms with Crippen LogP contribution in [0.15, 0.2) is 48.5 Å². The summed E-state index contributed by atoms with van der Waals surface area (Å²) in [5, 5.41) is 8.05. The Balaban J connectivity index is 1.60. The van der Waals surface area contributed by atoms with Gasteiger partial charge in [0.15, 0.2) is 0 Å². The molecule has 4 rings (SSSR count). The molecule has 1 saturated carbocycles. The number of nitrogens with one attached hydrogen (secondary N) is 2. The molecule has 0 amide bonds. The second-order valence-corrected chi connectivity index (χ2v) is 6.70. The van der Waals surface area contributed by atoms with Crippen LogP contribution in [0.5, 0.6) is 5.75 Å². The molecular formula is C21H24N4O. The molecular weight excluding hydrogens is 324 g/mol. The molecule has 1 fully saturated rings. The predicted octanol–water partition coefficient (Wildman–Crippen LogP) is 4.61. The number of benzene rings is 2. The van der Waals surface area contributed by atoms with E-state index >= 15 is 0 Å². The second-order valence-electron chi connectivity index (χ2n) is 6.70. The van der Waals surface area contributed by atoms with Gasteiger partial charge in [0.2, 0.25) is 5.95 Å². The van der Waals surface area contributed by atoms with E-state index in [9.17, 15) is 0 Å². The highest BCUT2D eigenvalue weighted by molar-refractivity contribution is 5.90. The van der Waals surface area contributed by atoms with Crippen molar-refractivity contribution in [2.24, 2.45) is 0 Å². The Morgan fingerprint density at radius 1 is 1.00 bits per heavy atom. The van der Waals surface area contributed by atoms with Gasteiger partial charge in [0.25, 0.3) is 0 Å². The summed E-state index contributed by atoms with van der Waals surface area (Å²) in [5.74, 6) is 2.42. The Morgan fingerprint density at radius 2 is 1.77 bits per heavy atom. The lowest BCUT2D eigenvalue weighted by Crippen LogP contribution is -2.17. The van der Waals surface area contributed by atoms with Gasteiger partial charge >= 0.3 is 0 Å². The molecule has 0 atom stereocenters. The first-order chi connectivity index (χ1) is 12.8. The van der Waals surface area contributed by atoms with Crippen molar-refractivity contribution in [2.45, 2.75) is 38.3 Å². The van der Waals surface area contributed by atoms with E-state index in [1.165, 1.54) is 25.7 Å². The third kappa shape index (κ3) is 3.57. The largest absolute Gasteiger partial charge is 0.496 e. The molecule has 3 aromatic rings. The quantitative estimate of drug-likeness (QED) is 0.681. The van der Waals surface area contributed by atoms with Crippen LogP contribution in [0.1, 0.15) is 31.2 Å². The van der Waals surface area contributed by atoms with Crippen LogP contribution < -0.4 is 15.4 Å². The molecule has 0 unspecified atom stereocenters. The Bertz CT molecular complexity index is 890. The maximum Gasteiger partial charge on any atom is 0.225 e. The molecule has 2 aromatic carbocycles. The minimum Gasteiger partial charge on any atom is -0.496 e. The summed E-state index contributed by atoms with van der Waals surface area (Å²) >= 11 is 0. The molecule has 0 spiro atoms. The van der Waals surface area contributed by atoms with Crippen LogP contribution in [0.4, 0.5) is 11.8 Å². The van der Waals surface area contributed by atoms with Crippen LogP contribution in [-0.2, 0) is 6.54 Å². The van der Waals surface area contributed by atoms with Crippen LogP contribution in [0.2, 0.25) is 0 Å². The van der Waals surface area contributed by atoms with Crippen LogP contribution in [0.25, 0.3) is 10.9 Å². The van der Waals surface area contributed by atoms with Crippen LogP contribution in [0, 0.1) is 0 Å². The van der Waals surface area contributed by atoms with Gasteiger partial charge in [-0.05, 0) is 31.0 Å². The van der Waals surface area contributed by atoms with Crippen molar-refractivity contribution < 1.29 is 4.74 Å². The summed E-state index contributed by atoms with van der Waals surface area (Å²) < 4.78 is 5.42. The lowest BCUT2D eigenvalue weighted by Gasteiger charge is -2.16. The molecule has 26 heavy (non-hydrogen) atoms. The molecule has 0 bridgehead atoms. The number of fused-ring (bicyclic) bond motifs is 1. The molecule has 5 heteroatoms. The van der Waals surface area contributed by atoms with Gasteiger partial charge in [-0.1, -0.05) is 43.2 Å². The van der Waals surface area contributed by atoms with E-state index in [2.05, 4.69) is 21.7 Å². The van der Waals surface area contributed by atoms with E-state index in [-0.39, 0.29) is 0 Å². The van der Waals surface area contributed by atoms with Crippen molar-refractivity contribution in [3.05, 3.63) is 54.1 Å². The number of nitrogens with zero attached hydrogens (tertiary/aromatic N) is 2. The van der Waals surface area contributed by atoms with Gasteiger partial charge in [-0.3, -0.25) is 0 Å². The Kier molecular flexibility index (Phi) is 4.86. The zero-order valence-electron chi connectivity index (χ0n) is 15.0. The standard InChI is InChI=1S/C21H24N4O/c1-26-19-13-7-2-8-15(19)14-22-21-24-18-12-6-5-11-17(18)20(25-21)23-16-9-3-4-10-16/h2,5-8,11-13,16H,3-4,9-10,14H2,1H3,(H2,22,23,24,25). The lowest BCUT2D eigenvalue weighted by molar-refractivity contribution is 0.410. The van der Waals surface area contributed by atoms with Crippen molar-refractivity contribution in [3.63, 3.8) is 0 Å². The fraction of sp³-hybridized carbons (Fsp3) is 0.333. The first-order valence-corrected chi connectivity index (χ1v) is 9.22. The fourth-order valence-electron chi connectivity index (χ4n) is 3.55. The van der Waals surface area contributed by atoms with Crippen molar-refractivity contribution >= 4 is 22.7 Å². The third-order valence-corrected chi connectivity index (χ3v) is 4.93. The second kappa shape index (κ2) is 7.60. The molecule has 134 valence electrons. The highest BCUT2D eigenvalue weighted by Crippen LogP contribution is 2.27. The maximum absolute atomic E-state index is 5.42. The normalized spacial score (nSPS) is 14.5. The van der Waals surface area contributed by atoms with E-state index in [0.717, 1.165) is 28.0 Å². The fourth-order valence-corrected chi connectivity index (χ4v) is 3.55. The Morgan fingerprint density at radius 3 is 2.62 bits per heavy atom. The highest BCUT2D eigenvalue weighted by Gasteiger charge is 2.17. The molecule has 1 aliphatic carbocycles. The topological polar surface area (TPSA) is 59.1 Å². The van der Waals surface area contributed by atoms with Gasteiger partial charge < -0.3 is 15.4 Å². The summed E-state index contributed by atoms with van der Waals surface area (Å²) in [7, 11) is 1.69. The van der Waals surface area contributed by atoms with Crippen molar-refractivity contribution in [1.82, 2.24) is 9.97 Å². The Labute approximate surface area is 153 Å². The molecule has 1 heterocycles. The number of hydrogen-bond acceptors (Lipinski definition) is 5. The van der Waals surface area contributed by atoms with E-state index in [0.29, 0.717) is 18.5 Å². The van der Waals surface area contributed by atoms with E-state index in [1.54, 1.807) is 7.11 Å². The number of para-hydroxylation sites is 2. The van der Waals surface area contributed by atoms with Crippen LogP contribution in [-0.4, -0.2) is 23.1 Å². The van der Waals surface area contributed by atoms with Gasteiger partial charge in [-0.25, -0.2) is 4.98 Å². The minimum absolute atomic E-state index is 0.510. The first-order valence-electron chi connectivity index (χ1n) is 9.22. The number of rotatable bonds is 6. The van der Waals surface area contributed by atoms with Gasteiger partial charge in [-0.15, -0.1) is 0 Å². The highest BCUT2D eigenvalue weighted by atomic mass is 16.5. The molecule has 2 N–H and O–H groups in total. The van der Waals surface area contributed by atoms with E-state index in [1.807, 2.05) is 42.5 Å². The van der Waals surface area contributed by atoms with Crippen LogP contribution >= 0.6 is 0 Å². The first kappa shape index (κ1) is 16.6. The molecule has 5 nitrogen and oxygen atoms in total. The molecule has 1 aliphatic rings. The third-order valence-electron chi connectivity index (χ3n) is 4.93. The molecule has 0 radical (unpaired) electrons. The van der Waals surface area contributed by atoms with Gasteiger partial charge in [0.05, 0.1) is 12.6 Å². The van der Waals surface area contributed by atoms with Gasteiger partial charge in [-0.2, -0.15) is 4.98 Å². The minimum atomic E-state index is 0.510. The van der Waals surface area contributed by atoms with Gasteiger partial charge in [0.1, 0.15) is 11.6 Å². The van der Waals surface area contributed by atoms with Crippen LogP contribution in [0.3, 0.4) is 0 Å². The number of anilines is 2. The maximum atomic E-state index is 5.42. The number of hydrogen-bond donors (Lipinski definition) is 2. The smallest absolute Gasteiger partial charge is 0.225 e. The summed E-state index contributed by atoms with van der Waals surface area (Å²) in [6.45, 7) is 0.616. The van der Waals surface area contributed by atoms with Gasteiger partial charge in [0, 0.05) is 23.5 Å². The van der Waals surface area contributed by atoms with E-state index < -0.39 is 0 Å². The SMILES string of the molecule is COc1ccccc1CNc1nc(NC2CCCC2)c2ccccc2n1. The molecule has 0 saturated heterocycles. The number of aromatic nitrogens is 2. The summed E-state index contributed by atoms with van der Waals surface area (Å²) in [4.78, 5) is 9.44. The van der Waals surface area contributed by atoms with Crippen molar-refractivity contribution in [2.75, 3.05) is 17.7 Å². The van der Waals surface area contributed by atoms with Crippen molar-refractivity contribution in [3.8, 4) is 5.75 Å². The molecule has 0 aliphatic heterocycles. The summed E-state index contributed by atoms with van der Waals surface area (Å²) in [6, 6.07) is 16.7. The van der Waals surface area contributed by atoms with E-state index in [4.69, 9.17) is 9.72 Å². The summed E-state index contributed by atoms with van der Waals surface area (Å²) in [5.41, 5.74) is 2.03. The van der Waals surface area contributed by atoms with Crippen molar-refractivity contribution in [1.29, 1.82) is 0 Å². The zero-order chi connectivity index (χ0) is 17.8. The number of methoxy groups -OCH3 is 1.